The molecule has 7 nitrogen and oxygen atoms in total. The van der Waals surface area contributed by atoms with Gasteiger partial charge in [0.1, 0.15) is 0 Å². The normalized spacial score (nSPS) is 15.6. The lowest BCUT2D eigenvalue weighted by Gasteiger charge is -2.29. The van der Waals surface area contributed by atoms with Crippen molar-refractivity contribution in [1.29, 1.82) is 0 Å². The van der Waals surface area contributed by atoms with Crippen LogP contribution in [-0.2, 0) is 14.8 Å². The third-order valence-electron chi connectivity index (χ3n) is 4.48. The molecule has 0 spiro atoms. The van der Waals surface area contributed by atoms with Gasteiger partial charge >= 0.3 is 5.97 Å². The van der Waals surface area contributed by atoms with Crippen LogP contribution in [0.4, 0.5) is 11.4 Å². The third-order valence-corrected chi connectivity index (χ3v) is 6.66. The number of halogens is 1. The van der Waals surface area contributed by atoms with Crippen molar-refractivity contribution < 1.29 is 22.7 Å². The van der Waals surface area contributed by atoms with Gasteiger partial charge in [0, 0.05) is 17.8 Å². The fourth-order valence-electron chi connectivity index (χ4n) is 3.01. The Morgan fingerprint density at radius 3 is 2.45 bits per heavy atom. The van der Waals surface area contributed by atoms with E-state index in [1.54, 1.807) is 31.2 Å². The van der Waals surface area contributed by atoms with Gasteiger partial charge in [0.05, 0.1) is 28.6 Å². The van der Waals surface area contributed by atoms with E-state index < -0.39 is 21.9 Å². The van der Waals surface area contributed by atoms with Crippen molar-refractivity contribution >= 4 is 44.9 Å². The standard InChI is InChI=1S/C20H21ClN2O5S/c1-2-28-20(25)14-5-8-16(9-6-14)22-19(24)15-7-10-17(21)18(13-15)23-11-3-4-12-29(23,26)27/h5-10,13H,2-4,11-12H2,1H3,(H,22,24). The number of carbonyl (C=O) groups excluding carboxylic acids is 2. The Bertz CT molecular complexity index is 1020. The minimum atomic E-state index is -3.44. The minimum Gasteiger partial charge on any atom is -0.462 e. The van der Waals surface area contributed by atoms with Crippen LogP contribution in [0.15, 0.2) is 42.5 Å². The van der Waals surface area contributed by atoms with Gasteiger partial charge in [-0.2, -0.15) is 0 Å². The predicted octanol–water partition coefficient (Wildman–Crippen LogP) is 3.70. The summed E-state index contributed by atoms with van der Waals surface area (Å²) in [6.07, 6.45) is 1.34. The average Bonchev–Trinajstić information content (AvgIpc) is 2.69. The Labute approximate surface area is 174 Å². The Morgan fingerprint density at radius 1 is 1.10 bits per heavy atom. The van der Waals surface area contributed by atoms with Crippen LogP contribution in [0.2, 0.25) is 5.02 Å². The maximum atomic E-state index is 12.6. The summed E-state index contributed by atoms with van der Waals surface area (Å²) in [5, 5.41) is 2.99. The maximum absolute atomic E-state index is 12.6. The number of esters is 1. The zero-order chi connectivity index (χ0) is 21.0. The van der Waals surface area contributed by atoms with Crippen LogP contribution in [0.3, 0.4) is 0 Å². The van der Waals surface area contributed by atoms with Gasteiger partial charge in [0.15, 0.2) is 0 Å². The Morgan fingerprint density at radius 2 is 1.79 bits per heavy atom. The number of amides is 1. The van der Waals surface area contributed by atoms with E-state index in [2.05, 4.69) is 5.32 Å². The van der Waals surface area contributed by atoms with Gasteiger partial charge < -0.3 is 10.1 Å². The van der Waals surface area contributed by atoms with E-state index in [0.29, 0.717) is 29.9 Å². The van der Waals surface area contributed by atoms with Crippen LogP contribution in [0.1, 0.15) is 40.5 Å². The van der Waals surface area contributed by atoms with Crippen molar-refractivity contribution in [2.24, 2.45) is 0 Å². The molecule has 0 radical (unpaired) electrons. The first-order valence-corrected chi connectivity index (χ1v) is 11.2. The number of rotatable bonds is 5. The molecule has 2 aromatic rings. The second-order valence-electron chi connectivity index (χ2n) is 6.51. The smallest absolute Gasteiger partial charge is 0.338 e. The minimum absolute atomic E-state index is 0.0621. The first kappa shape index (κ1) is 21.1. The molecule has 2 aromatic carbocycles. The molecule has 1 N–H and O–H groups in total. The second kappa shape index (κ2) is 8.84. The molecule has 0 bridgehead atoms. The highest BCUT2D eigenvalue weighted by Crippen LogP contribution is 2.32. The Balaban J connectivity index is 1.79. The van der Waals surface area contributed by atoms with Crippen LogP contribution in [-0.4, -0.2) is 39.2 Å². The largest absolute Gasteiger partial charge is 0.462 e. The van der Waals surface area contributed by atoms with E-state index in [0.717, 1.165) is 6.42 Å². The Kier molecular flexibility index (Phi) is 6.44. The van der Waals surface area contributed by atoms with Gasteiger partial charge in [0.25, 0.3) is 5.91 Å². The van der Waals surface area contributed by atoms with Gasteiger partial charge in [-0.05, 0) is 62.2 Å². The van der Waals surface area contributed by atoms with Gasteiger partial charge in [0.2, 0.25) is 10.0 Å². The van der Waals surface area contributed by atoms with Crippen molar-refractivity contribution in [3.63, 3.8) is 0 Å². The van der Waals surface area contributed by atoms with Gasteiger partial charge in [-0.25, -0.2) is 13.2 Å². The van der Waals surface area contributed by atoms with E-state index in [9.17, 15) is 18.0 Å². The van der Waals surface area contributed by atoms with Gasteiger partial charge in [-0.1, -0.05) is 11.6 Å². The fourth-order valence-corrected chi connectivity index (χ4v) is 4.93. The molecule has 29 heavy (non-hydrogen) atoms. The third kappa shape index (κ3) is 4.89. The number of sulfonamides is 1. The summed E-state index contributed by atoms with van der Waals surface area (Å²) in [6.45, 7) is 2.34. The maximum Gasteiger partial charge on any atom is 0.338 e. The fraction of sp³-hybridized carbons (Fsp3) is 0.300. The number of anilines is 2. The lowest BCUT2D eigenvalue weighted by molar-refractivity contribution is 0.0526. The SMILES string of the molecule is CCOC(=O)c1ccc(NC(=O)c2ccc(Cl)c(N3CCCCS3(=O)=O)c2)cc1. The highest BCUT2D eigenvalue weighted by molar-refractivity contribution is 7.92. The van der Waals surface area contributed by atoms with Crippen molar-refractivity contribution in [2.45, 2.75) is 19.8 Å². The molecule has 9 heteroatoms. The molecule has 1 aliphatic heterocycles. The molecule has 154 valence electrons. The lowest BCUT2D eigenvalue weighted by atomic mass is 10.1. The number of hydrogen-bond donors (Lipinski definition) is 1. The monoisotopic (exact) mass is 436 g/mol. The zero-order valence-corrected chi connectivity index (χ0v) is 17.4. The van der Waals surface area contributed by atoms with Crippen molar-refractivity contribution in [2.75, 3.05) is 28.5 Å². The van der Waals surface area contributed by atoms with Crippen LogP contribution in [0.25, 0.3) is 0 Å². The molecule has 1 amide bonds. The highest BCUT2D eigenvalue weighted by Gasteiger charge is 2.28. The number of nitrogens with one attached hydrogen (secondary N) is 1. The van der Waals surface area contributed by atoms with E-state index >= 15 is 0 Å². The number of benzene rings is 2. The van der Waals surface area contributed by atoms with E-state index in [4.69, 9.17) is 16.3 Å². The molecular weight excluding hydrogens is 416 g/mol. The molecule has 1 heterocycles. The first-order valence-electron chi connectivity index (χ1n) is 9.20. The Hall–Kier alpha value is -2.58. The predicted molar refractivity (Wildman–Crippen MR) is 112 cm³/mol. The molecule has 0 atom stereocenters. The number of carbonyl (C=O) groups is 2. The van der Waals surface area contributed by atoms with Crippen LogP contribution in [0.5, 0.6) is 0 Å². The second-order valence-corrected chi connectivity index (χ2v) is 8.93. The average molecular weight is 437 g/mol. The number of hydrogen-bond acceptors (Lipinski definition) is 5. The van der Waals surface area contributed by atoms with Crippen molar-refractivity contribution in [1.82, 2.24) is 0 Å². The molecule has 1 fully saturated rings. The molecule has 1 aliphatic rings. The van der Waals surface area contributed by atoms with Crippen molar-refractivity contribution in [3.8, 4) is 0 Å². The molecular formula is C20H21ClN2O5S. The van der Waals surface area contributed by atoms with E-state index in [1.165, 1.54) is 22.5 Å². The number of nitrogens with zero attached hydrogens (tertiary/aromatic N) is 1. The molecule has 1 saturated heterocycles. The summed E-state index contributed by atoms with van der Waals surface area (Å²) in [5.74, 6) is -0.788. The zero-order valence-electron chi connectivity index (χ0n) is 15.9. The molecule has 0 saturated carbocycles. The lowest BCUT2D eigenvalue weighted by Crippen LogP contribution is -2.38. The van der Waals surface area contributed by atoms with Gasteiger partial charge in [-0.3, -0.25) is 9.10 Å². The molecule has 0 unspecified atom stereocenters. The van der Waals surface area contributed by atoms with Crippen molar-refractivity contribution in [3.05, 3.63) is 58.6 Å². The van der Waals surface area contributed by atoms with E-state index in [1.807, 2.05) is 0 Å². The quantitative estimate of drug-likeness (QED) is 0.721. The van der Waals surface area contributed by atoms with E-state index in [-0.39, 0.29) is 22.9 Å². The van der Waals surface area contributed by atoms with Gasteiger partial charge in [-0.15, -0.1) is 0 Å². The molecule has 0 aliphatic carbocycles. The topological polar surface area (TPSA) is 92.8 Å². The summed E-state index contributed by atoms with van der Waals surface area (Å²) in [7, 11) is -3.44. The molecule has 0 aromatic heterocycles. The highest BCUT2D eigenvalue weighted by atomic mass is 35.5. The summed E-state index contributed by atoms with van der Waals surface area (Å²) < 4.78 is 30.9. The summed E-state index contributed by atoms with van der Waals surface area (Å²) in [5.41, 5.74) is 1.45. The first-order chi connectivity index (χ1) is 13.8. The van der Waals surface area contributed by atoms with Crippen LogP contribution < -0.4 is 9.62 Å². The van der Waals surface area contributed by atoms with Crippen LogP contribution in [0, 0.1) is 0 Å². The summed E-state index contributed by atoms with van der Waals surface area (Å²) >= 11 is 6.21. The molecule has 3 rings (SSSR count). The summed E-state index contributed by atoms with van der Waals surface area (Å²) in [6, 6.07) is 10.8. The summed E-state index contributed by atoms with van der Waals surface area (Å²) in [4.78, 5) is 24.3. The number of ether oxygens (including phenoxy) is 1. The van der Waals surface area contributed by atoms with Crippen LogP contribution >= 0.6 is 11.6 Å².